The van der Waals surface area contributed by atoms with Crippen molar-refractivity contribution in [2.24, 2.45) is 0 Å². The topological polar surface area (TPSA) is 34.2 Å². The van der Waals surface area contributed by atoms with Gasteiger partial charge >= 0.3 is 0 Å². The number of hydrogen-bond acceptors (Lipinski definition) is 4. The number of benzene rings is 1. The summed E-state index contributed by atoms with van der Waals surface area (Å²) in [5.41, 5.74) is 2.53. The molecule has 1 aliphatic rings. The van der Waals surface area contributed by atoms with Crippen LogP contribution in [0.5, 0.6) is 5.75 Å². The molecule has 0 radical (unpaired) electrons. The molecule has 1 unspecified atom stereocenters. The normalized spacial score (nSPS) is 17.2. The molecular formula is C15H18N2OS. The molecule has 0 saturated carbocycles. The first-order valence-corrected chi connectivity index (χ1v) is 7.54. The van der Waals surface area contributed by atoms with Crippen LogP contribution in [0.3, 0.4) is 0 Å². The zero-order valence-electron chi connectivity index (χ0n) is 11.1. The minimum atomic E-state index is 0.480. The molecule has 3 rings (SSSR count). The lowest BCUT2D eigenvalue weighted by Gasteiger charge is -2.09. The molecule has 2 heterocycles. The number of nitrogens with one attached hydrogen (secondary N) is 1. The van der Waals surface area contributed by atoms with E-state index < -0.39 is 0 Å². The summed E-state index contributed by atoms with van der Waals surface area (Å²) in [4.78, 5) is 4.47. The lowest BCUT2D eigenvalue weighted by molar-refractivity contribution is 0.326. The van der Waals surface area contributed by atoms with Crippen LogP contribution in [0.4, 0.5) is 0 Å². The first-order chi connectivity index (χ1) is 9.33. The smallest absolute Gasteiger partial charge is 0.122 e. The molecule has 0 aliphatic carbocycles. The number of nitrogens with zero attached hydrogens (tertiary/aromatic N) is 1. The lowest BCUT2D eigenvalue weighted by Crippen LogP contribution is -2.24. The van der Waals surface area contributed by atoms with Crippen molar-refractivity contribution in [1.82, 2.24) is 10.3 Å². The Labute approximate surface area is 117 Å². The van der Waals surface area contributed by atoms with Gasteiger partial charge in [-0.1, -0.05) is 18.2 Å². The summed E-state index contributed by atoms with van der Waals surface area (Å²) in [6, 6.07) is 8.32. The first-order valence-electron chi connectivity index (χ1n) is 6.66. The average molecular weight is 274 g/mol. The second kappa shape index (κ2) is 5.72. The monoisotopic (exact) mass is 274 g/mol. The molecule has 1 aliphatic heterocycles. The molecule has 1 aromatic heterocycles. The Morgan fingerprint density at radius 1 is 1.42 bits per heavy atom. The molecule has 100 valence electrons. The molecule has 0 spiro atoms. The van der Waals surface area contributed by atoms with E-state index in [1.165, 1.54) is 11.3 Å². The van der Waals surface area contributed by atoms with Crippen molar-refractivity contribution in [3.05, 3.63) is 45.9 Å². The van der Waals surface area contributed by atoms with Gasteiger partial charge in [-0.2, -0.15) is 0 Å². The molecule has 4 heteroatoms. The highest BCUT2D eigenvalue weighted by atomic mass is 32.1. The molecule has 1 atom stereocenters. The Bertz CT molecular complexity index is 553. The maximum absolute atomic E-state index is 5.68. The van der Waals surface area contributed by atoms with Gasteiger partial charge in [0.2, 0.25) is 0 Å². The molecule has 0 bridgehead atoms. The number of thiazole rings is 1. The Hall–Kier alpha value is -1.39. The van der Waals surface area contributed by atoms with E-state index in [9.17, 15) is 0 Å². The molecular weight excluding hydrogens is 256 g/mol. The van der Waals surface area contributed by atoms with Gasteiger partial charge in [0.1, 0.15) is 5.75 Å². The predicted molar refractivity (Wildman–Crippen MR) is 78.1 cm³/mol. The first kappa shape index (κ1) is 12.6. The van der Waals surface area contributed by atoms with E-state index in [-0.39, 0.29) is 0 Å². The molecule has 0 fully saturated rings. The van der Waals surface area contributed by atoms with Crippen LogP contribution in [0, 0.1) is 6.92 Å². The highest BCUT2D eigenvalue weighted by molar-refractivity contribution is 7.09. The van der Waals surface area contributed by atoms with Crippen molar-refractivity contribution in [2.45, 2.75) is 19.3 Å². The molecule has 1 aromatic carbocycles. The fourth-order valence-electron chi connectivity index (χ4n) is 2.41. The molecule has 2 aromatic rings. The lowest BCUT2D eigenvalue weighted by atomic mass is 10.0. The maximum atomic E-state index is 5.68. The van der Waals surface area contributed by atoms with E-state index in [0.29, 0.717) is 5.92 Å². The van der Waals surface area contributed by atoms with Crippen molar-refractivity contribution in [3.63, 3.8) is 0 Å². The fraction of sp³-hybridized carbons (Fsp3) is 0.400. The van der Waals surface area contributed by atoms with Gasteiger partial charge in [0.25, 0.3) is 0 Å². The maximum Gasteiger partial charge on any atom is 0.122 e. The van der Waals surface area contributed by atoms with Crippen LogP contribution in [-0.4, -0.2) is 24.7 Å². The number of aromatic nitrogens is 1. The molecule has 0 amide bonds. The van der Waals surface area contributed by atoms with E-state index in [0.717, 1.165) is 36.9 Å². The van der Waals surface area contributed by atoms with Crippen LogP contribution in [0.25, 0.3) is 0 Å². The van der Waals surface area contributed by atoms with Gasteiger partial charge in [0.15, 0.2) is 0 Å². The summed E-state index contributed by atoms with van der Waals surface area (Å²) in [5.74, 6) is 1.53. The van der Waals surface area contributed by atoms with Gasteiger partial charge in [0, 0.05) is 36.4 Å². The third-order valence-electron chi connectivity index (χ3n) is 3.41. The molecule has 0 saturated heterocycles. The van der Waals surface area contributed by atoms with Gasteiger partial charge in [-0.05, 0) is 13.0 Å². The molecule has 19 heavy (non-hydrogen) atoms. The second-order valence-corrected chi connectivity index (χ2v) is 5.92. The van der Waals surface area contributed by atoms with E-state index in [1.54, 1.807) is 11.3 Å². The zero-order chi connectivity index (χ0) is 13.1. The number of rotatable bonds is 5. The van der Waals surface area contributed by atoms with Gasteiger partial charge in [-0.3, -0.25) is 0 Å². The third kappa shape index (κ3) is 2.96. The van der Waals surface area contributed by atoms with Crippen LogP contribution >= 0.6 is 11.3 Å². The Morgan fingerprint density at radius 2 is 2.32 bits per heavy atom. The number of fused-ring (bicyclic) bond motifs is 1. The largest absolute Gasteiger partial charge is 0.493 e. The van der Waals surface area contributed by atoms with Crippen LogP contribution in [0.2, 0.25) is 0 Å². The van der Waals surface area contributed by atoms with Gasteiger partial charge in [0.05, 0.1) is 17.3 Å². The summed E-state index contributed by atoms with van der Waals surface area (Å²) >= 11 is 1.72. The highest BCUT2D eigenvalue weighted by Crippen LogP contribution is 2.32. The number of hydrogen-bond donors (Lipinski definition) is 1. The fourth-order valence-corrected chi connectivity index (χ4v) is 3.06. The van der Waals surface area contributed by atoms with Gasteiger partial charge in [-0.25, -0.2) is 4.98 Å². The summed E-state index contributed by atoms with van der Waals surface area (Å²) in [6.45, 7) is 4.79. The van der Waals surface area contributed by atoms with Crippen molar-refractivity contribution in [2.75, 3.05) is 19.7 Å². The van der Waals surface area contributed by atoms with Crippen LogP contribution in [-0.2, 0) is 6.42 Å². The summed E-state index contributed by atoms with van der Waals surface area (Å²) in [7, 11) is 0. The Kier molecular flexibility index (Phi) is 3.80. The zero-order valence-corrected chi connectivity index (χ0v) is 11.9. The minimum Gasteiger partial charge on any atom is -0.493 e. The molecule has 3 nitrogen and oxygen atoms in total. The summed E-state index contributed by atoms with van der Waals surface area (Å²) in [5, 5.41) is 6.80. The van der Waals surface area contributed by atoms with E-state index >= 15 is 0 Å². The van der Waals surface area contributed by atoms with Gasteiger partial charge in [-0.15, -0.1) is 11.3 Å². The van der Waals surface area contributed by atoms with Crippen LogP contribution < -0.4 is 10.1 Å². The van der Waals surface area contributed by atoms with Crippen molar-refractivity contribution in [1.29, 1.82) is 0 Å². The standard InChI is InChI=1S/C15H18N2OS/c1-11-17-13(10-19-11)6-7-16-8-12-9-18-15-5-3-2-4-14(12)15/h2-5,10,12,16H,6-9H2,1H3. The summed E-state index contributed by atoms with van der Waals surface area (Å²) < 4.78 is 5.68. The van der Waals surface area contributed by atoms with E-state index in [1.807, 2.05) is 19.1 Å². The predicted octanol–water partition coefficient (Wildman–Crippen LogP) is 2.76. The van der Waals surface area contributed by atoms with Crippen LogP contribution in [0.1, 0.15) is 22.2 Å². The van der Waals surface area contributed by atoms with E-state index in [2.05, 4.69) is 27.8 Å². The SMILES string of the molecule is Cc1nc(CCNCC2COc3ccccc32)cs1. The van der Waals surface area contributed by atoms with Crippen molar-refractivity contribution < 1.29 is 4.74 Å². The van der Waals surface area contributed by atoms with Crippen molar-refractivity contribution >= 4 is 11.3 Å². The number of para-hydroxylation sites is 1. The van der Waals surface area contributed by atoms with Gasteiger partial charge < -0.3 is 10.1 Å². The quantitative estimate of drug-likeness (QED) is 0.851. The molecule has 1 N–H and O–H groups in total. The third-order valence-corrected chi connectivity index (χ3v) is 4.24. The van der Waals surface area contributed by atoms with Crippen LogP contribution in [0.15, 0.2) is 29.6 Å². The minimum absolute atomic E-state index is 0.480. The average Bonchev–Trinajstić information content (AvgIpc) is 3.02. The van der Waals surface area contributed by atoms with Crippen molar-refractivity contribution in [3.8, 4) is 5.75 Å². The Morgan fingerprint density at radius 3 is 3.16 bits per heavy atom. The number of ether oxygens (including phenoxy) is 1. The second-order valence-electron chi connectivity index (χ2n) is 4.86. The summed E-state index contributed by atoms with van der Waals surface area (Å²) in [6.07, 6.45) is 1.000. The van der Waals surface area contributed by atoms with E-state index in [4.69, 9.17) is 4.74 Å². The highest BCUT2D eigenvalue weighted by Gasteiger charge is 2.22. The Balaban J connectivity index is 1.46. The number of aryl methyl sites for hydroxylation is 1.